The number of carbonyl (C=O) groups is 1. The van der Waals surface area contributed by atoms with E-state index in [-0.39, 0.29) is 17.5 Å². The van der Waals surface area contributed by atoms with E-state index in [0.717, 1.165) is 10.6 Å². The van der Waals surface area contributed by atoms with Crippen molar-refractivity contribution in [2.24, 2.45) is 5.92 Å². The Kier molecular flexibility index (Phi) is 6.34. The molecular weight excluding hydrogens is 307 g/mol. The van der Waals surface area contributed by atoms with Crippen molar-refractivity contribution in [2.75, 3.05) is 17.1 Å². The number of rotatable bonds is 7. The van der Waals surface area contributed by atoms with Crippen LogP contribution in [-0.4, -0.2) is 33.2 Å². The van der Waals surface area contributed by atoms with E-state index < -0.39 is 21.9 Å². The van der Waals surface area contributed by atoms with Gasteiger partial charge in [-0.2, -0.15) is 0 Å². The molecule has 1 unspecified atom stereocenters. The van der Waals surface area contributed by atoms with Crippen molar-refractivity contribution >= 4 is 21.6 Å². The fourth-order valence-electron chi connectivity index (χ4n) is 2.07. The number of nitrogens with one attached hydrogen (secondary N) is 1. The molecule has 1 rings (SSSR count). The SMILES string of the molecule is CCC(C(=O)NCC(C)C)N(c1ccc(F)cc1)S(C)(=O)=O. The van der Waals surface area contributed by atoms with Gasteiger partial charge < -0.3 is 5.32 Å². The summed E-state index contributed by atoms with van der Waals surface area (Å²) in [6.07, 6.45) is 1.35. The summed E-state index contributed by atoms with van der Waals surface area (Å²) in [7, 11) is -3.68. The second-order valence-corrected chi connectivity index (χ2v) is 7.46. The van der Waals surface area contributed by atoms with Gasteiger partial charge in [0.15, 0.2) is 0 Å². The van der Waals surface area contributed by atoms with Crippen LogP contribution in [0.1, 0.15) is 27.2 Å². The Morgan fingerprint density at radius 2 is 1.82 bits per heavy atom. The zero-order chi connectivity index (χ0) is 16.9. The number of carbonyl (C=O) groups excluding carboxylic acids is 1. The lowest BCUT2D eigenvalue weighted by atomic mass is 10.1. The Morgan fingerprint density at radius 3 is 2.23 bits per heavy atom. The summed E-state index contributed by atoms with van der Waals surface area (Å²) in [6.45, 7) is 6.11. The molecule has 124 valence electrons. The largest absolute Gasteiger partial charge is 0.354 e. The highest BCUT2D eigenvalue weighted by atomic mass is 32.2. The minimum atomic E-state index is -3.68. The van der Waals surface area contributed by atoms with Gasteiger partial charge in [-0.25, -0.2) is 12.8 Å². The van der Waals surface area contributed by atoms with E-state index in [1.54, 1.807) is 6.92 Å². The fraction of sp³-hybridized carbons (Fsp3) is 0.533. The molecule has 0 aliphatic rings. The Hall–Kier alpha value is -1.63. The van der Waals surface area contributed by atoms with Crippen molar-refractivity contribution in [1.82, 2.24) is 5.32 Å². The van der Waals surface area contributed by atoms with E-state index in [2.05, 4.69) is 5.32 Å². The molecule has 1 aromatic rings. The maximum Gasteiger partial charge on any atom is 0.243 e. The predicted octanol–water partition coefficient (Wildman–Crippen LogP) is 2.14. The minimum Gasteiger partial charge on any atom is -0.354 e. The quantitative estimate of drug-likeness (QED) is 0.833. The van der Waals surface area contributed by atoms with Gasteiger partial charge in [-0.3, -0.25) is 9.10 Å². The number of amides is 1. The van der Waals surface area contributed by atoms with Crippen molar-refractivity contribution in [2.45, 2.75) is 33.2 Å². The van der Waals surface area contributed by atoms with Crippen LogP contribution in [0, 0.1) is 11.7 Å². The van der Waals surface area contributed by atoms with Crippen LogP contribution in [-0.2, 0) is 14.8 Å². The molecule has 0 saturated heterocycles. The molecule has 0 bridgehead atoms. The summed E-state index contributed by atoms with van der Waals surface area (Å²) < 4.78 is 38.3. The first-order chi connectivity index (χ1) is 10.2. The van der Waals surface area contributed by atoms with Gasteiger partial charge in [-0.15, -0.1) is 0 Å². The van der Waals surface area contributed by atoms with E-state index in [9.17, 15) is 17.6 Å². The van der Waals surface area contributed by atoms with Gasteiger partial charge in [0.25, 0.3) is 0 Å². The molecule has 0 aliphatic heterocycles. The smallest absolute Gasteiger partial charge is 0.243 e. The first kappa shape index (κ1) is 18.4. The van der Waals surface area contributed by atoms with Crippen LogP contribution in [0.15, 0.2) is 24.3 Å². The van der Waals surface area contributed by atoms with Gasteiger partial charge in [0.1, 0.15) is 11.9 Å². The monoisotopic (exact) mass is 330 g/mol. The van der Waals surface area contributed by atoms with E-state index in [1.807, 2.05) is 13.8 Å². The number of halogens is 1. The molecule has 0 heterocycles. The molecule has 0 fully saturated rings. The predicted molar refractivity (Wildman–Crippen MR) is 85.6 cm³/mol. The van der Waals surface area contributed by atoms with E-state index in [4.69, 9.17) is 0 Å². The second kappa shape index (κ2) is 7.58. The maximum absolute atomic E-state index is 13.1. The first-order valence-corrected chi connectivity index (χ1v) is 9.04. The zero-order valence-corrected chi connectivity index (χ0v) is 14.2. The van der Waals surface area contributed by atoms with E-state index >= 15 is 0 Å². The molecule has 22 heavy (non-hydrogen) atoms. The van der Waals surface area contributed by atoms with E-state index in [1.165, 1.54) is 24.3 Å². The number of sulfonamides is 1. The third kappa shape index (κ3) is 4.98. The molecule has 0 aliphatic carbocycles. The molecule has 0 aromatic heterocycles. The molecule has 1 atom stereocenters. The van der Waals surface area contributed by atoms with Crippen LogP contribution < -0.4 is 9.62 Å². The molecule has 1 aromatic carbocycles. The third-order valence-corrected chi connectivity index (χ3v) is 4.28. The fourth-order valence-corrected chi connectivity index (χ4v) is 3.28. The van der Waals surface area contributed by atoms with Crippen molar-refractivity contribution in [3.05, 3.63) is 30.1 Å². The van der Waals surface area contributed by atoms with Crippen LogP contribution in [0.3, 0.4) is 0 Å². The standard InChI is InChI=1S/C15H23FN2O3S/c1-5-14(15(19)17-10-11(2)3)18(22(4,20)21)13-8-6-12(16)7-9-13/h6-9,11,14H,5,10H2,1-4H3,(H,17,19). The van der Waals surface area contributed by atoms with E-state index in [0.29, 0.717) is 13.0 Å². The summed E-state index contributed by atoms with van der Waals surface area (Å²) in [6, 6.07) is 4.20. The van der Waals surface area contributed by atoms with Crippen molar-refractivity contribution in [3.63, 3.8) is 0 Å². The topological polar surface area (TPSA) is 66.5 Å². The normalized spacial score (nSPS) is 13.0. The molecule has 1 amide bonds. The summed E-state index contributed by atoms with van der Waals surface area (Å²) in [5.74, 6) is -0.556. The lowest BCUT2D eigenvalue weighted by Crippen LogP contribution is -2.49. The Bertz CT molecular complexity index is 600. The molecule has 0 saturated carbocycles. The molecule has 1 N–H and O–H groups in total. The number of hydrogen-bond donors (Lipinski definition) is 1. The second-order valence-electron chi connectivity index (χ2n) is 5.60. The first-order valence-electron chi connectivity index (χ1n) is 7.19. The van der Waals surface area contributed by atoms with Gasteiger partial charge in [-0.1, -0.05) is 20.8 Å². The molecular formula is C15H23FN2O3S. The zero-order valence-electron chi connectivity index (χ0n) is 13.3. The summed E-state index contributed by atoms with van der Waals surface area (Å²) in [5, 5.41) is 2.75. The Morgan fingerprint density at radius 1 is 1.27 bits per heavy atom. The highest BCUT2D eigenvalue weighted by Crippen LogP contribution is 2.22. The minimum absolute atomic E-state index is 0.263. The highest BCUT2D eigenvalue weighted by Gasteiger charge is 2.31. The lowest BCUT2D eigenvalue weighted by Gasteiger charge is -2.30. The maximum atomic E-state index is 13.1. The molecule has 7 heteroatoms. The van der Waals surface area contributed by atoms with Crippen LogP contribution in [0.2, 0.25) is 0 Å². The number of benzene rings is 1. The summed E-state index contributed by atoms with van der Waals surface area (Å²) in [4.78, 5) is 12.3. The average molecular weight is 330 g/mol. The molecule has 5 nitrogen and oxygen atoms in total. The van der Waals surface area contributed by atoms with Gasteiger partial charge >= 0.3 is 0 Å². The number of nitrogens with zero attached hydrogens (tertiary/aromatic N) is 1. The third-order valence-electron chi connectivity index (χ3n) is 3.10. The number of anilines is 1. The molecule has 0 radical (unpaired) electrons. The van der Waals surface area contributed by atoms with Crippen LogP contribution in [0.4, 0.5) is 10.1 Å². The Balaban J connectivity index is 3.14. The highest BCUT2D eigenvalue weighted by molar-refractivity contribution is 7.92. The summed E-state index contributed by atoms with van der Waals surface area (Å²) >= 11 is 0. The van der Waals surface area contributed by atoms with Crippen LogP contribution >= 0.6 is 0 Å². The lowest BCUT2D eigenvalue weighted by molar-refractivity contribution is -0.122. The average Bonchev–Trinajstić information content (AvgIpc) is 2.42. The summed E-state index contributed by atoms with van der Waals surface area (Å²) in [5.41, 5.74) is 0.274. The van der Waals surface area contributed by atoms with Crippen LogP contribution in [0.25, 0.3) is 0 Å². The number of hydrogen-bond acceptors (Lipinski definition) is 3. The van der Waals surface area contributed by atoms with Crippen molar-refractivity contribution < 1.29 is 17.6 Å². The van der Waals surface area contributed by atoms with Crippen molar-refractivity contribution in [3.8, 4) is 0 Å². The van der Waals surface area contributed by atoms with Gasteiger partial charge in [0, 0.05) is 6.54 Å². The van der Waals surface area contributed by atoms with Crippen molar-refractivity contribution in [1.29, 1.82) is 0 Å². The van der Waals surface area contributed by atoms with Crippen LogP contribution in [0.5, 0.6) is 0 Å². The van der Waals surface area contributed by atoms with Gasteiger partial charge in [0.05, 0.1) is 11.9 Å². The van der Waals surface area contributed by atoms with Gasteiger partial charge in [0.2, 0.25) is 15.9 Å². The van der Waals surface area contributed by atoms with Gasteiger partial charge in [-0.05, 0) is 36.6 Å². The Labute approximate surface area is 131 Å². The molecule has 0 spiro atoms.